The third-order valence-corrected chi connectivity index (χ3v) is 2.19. The third kappa shape index (κ3) is 2.70. The van der Waals surface area contributed by atoms with Crippen LogP contribution in [0.1, 0.15) is 10.4 Å². The lowest BCUT2D eigenvalue weighted by Crippen LogP contribution is -1.89. The van der Waals surface area contributed by atoms with Gasteiger partial charge in [0.1, 0.15) is 11.5 Å². The zero-order valence-electron chi connectivity index (χ0n) is 9.20. The highest BCUT2D eigenvalue weighted by Gasteiger charge is 2.05. The molecule has 0 saturated carbocycles. The van der Waals surface area contributed by atoms with Crippen molar-refractivity contribution < 1.29 is 14.5 Å². The second-order valence-corrected chi connectivity index (χ2v) is 3.44. The van der Waals surface area contributed by atoms with Gasteiger partial charge in [-0.2, -0.15) is 0 Å². The van der Waals surface area contributed by atoms with Crippen molar-refractivity contribution in [1.29, 1.82) is 0 Å². The van der Waals surface area contributed by atoms with Gasteiger partial charge in [-0.25, -0.2) is 0 Å². The van der Waals surface area contributed by atoms with E-state index >= 15 is 0 Å². The molecule has 0 unspecified atom stereocenters. The molecule has 0 aliphatic heterocycles. The predicted molar refractivity (Wildman–Crippen MR) is 63.8 cm³/mol. The van der Waals surface area contributed by atoms with Gasteiger partial charge < -0.3 is 4.74 Å². The summed E-state index contributed by atoms with van der Waals surface area (Å²) in [5, 5.41) is 10.5. The Hall–Kier alpha value is -2.69. The second-order valence-electron chi connectivity index (χ2n) is 3.44. The van der Waals surface area contributed by atoms with Gasteiger partial charge in [0.2, 0.25) is 0 Å². The normalized spacial score (nSPS) is 9.78. The molecule has 2 aromatic carbocycles. The number of benzene rings is 2. The molecule has 0 N–H and O–H groups in total. The summed E-state index contributed by atoms with van der Waals surface area (Å²) < 4.78 is 5.42. The smallest absolute Gasteiger partial charge is 0.269 e. The molecule has 2 rings (SSSR count). The molecule has 89 valence electrons. The molecule has 0 saturated heterocycles. The maximum Gasteiger partial charge on any atom is 0.269 e. The van der Waals surface area contributed by atoms with Gasteiger partial charge in [-0.3, -0.25) is 14.9 Å². The molecule has 2 aromatic rings. The number of non-ortho nitro benzene ring substituents is 1. The van der Waals surface area contributed by atoms with Crippen LogP contribution < -0.4 is 4.74 Å². The van der Waals surface area contributed by atoms with Crippen molar-refractivity contribution in [3.05, 3.63) is 64.2 Å². The summed E-state index contributed by atoms with van der Waals surface area (Å²) in [7, 11) is 0. The minimum Gasteiger partial charge on any atom is -0.457 e. The molecular formula is C13H8NO4. The van der Waals surface area contributed by atoms with Crippen molar-refractivity contribution in [3.8, 4) is 11.5 Å². The van der Waals surface area contributed by atoms with Gasteiger partial charge in [0, 0.05) is 23.8 Å². The van der Waals surface area contributed by atoms with Crippen molar-refractivity contribution >= 4 is 12.0 Å². The Morgan fingerprint density at radius 2 is 1.89 bits per heavy atom. The fourth-order valence-electron chi connectivity index (χ4n) is 1.36. The Kier molecular flexibility index (Phi) is 3.33. The third-order valence-electron chi connectivity index (χ3n) is 2.19. The zero-order valence-corrected chi connectivity index (χ0v) is 9.20. The number of carbonyl (C=O) groups is 1. The molecule has 0 aromatic heterocycles. The number of nitro groups is 1. The van der Waals surface area contributed by atoms with Crippen LogP contribution in [-0.4, -0.2) is 11.2 Å². The SMILES string of the molecule is O=Cc1[c]c(Oc2ccc([N+](=O)[O-])cc2)ccc1. The molecule has 1 radical (unpaired) electrons. The minimum atomic E-state index is -0.483. The summed E-state index contributed by atoms with van der Waals surface area (Å²) in [6, 6.07) is 13.3. The number of aldehydes is 1. The van der Waals surface area contributed by atoms with Crippen molar-refractivity contribution in [2.75, 3.05) is 0 Å². The Bertz CT molecular complexity index is 578. The largest absolute Gasteiger partial charge is 0.457 e. The predicted octanol–water partition coefficient (Wildman–Crippen LogP) is 3.00. The maximum atomic E-state index is 10.6. The highest BCUT2D eigenvalue weighted by molar-refractivity contribution is 5.74. The van der Waals surface area contributed by atoms with E-state index in [-0.39, 0.29) is 5.69 Å². The molecule has 18 heavy (non-hydrogen) atoms. The first-order chi connectivity index (χ1) is 8.69. The van der Waals surface area contributed by atoms with Crippen molar-refractivity contribution in [1.82, 2.24) is 0 Å². The highest BCUT2D eigenvalue weighted by Crippen LogP contribution is 2.23. The van der Waals surface area contributed by atoms with Crippen LogP contribution in [0.5, 0.6) is 11.5 Å². The Morgan fingerprint density at radius 1 is 1.17 bits per heavy atom. The highest BCUT2D eigenvalue weighted by atomic mass is 16.6. The van der Waals surface area contributed by atoms with E-state index in [9.17, 15) is 14.9 Å². The molecule has 0 aliphatic carbocycles. The first kappa shape index (κ1) is 11.8. The van der Waals surface area contributed by atoms with Crippen LogP contribution in [0.15, 0.2) is 42.5 Å². The van der Waals surface area contributed by atoms with Gasteiger partial charge in [-0.05, 0) is 18.2 Å². The van der Waals surface area contributed by atoms with Gasteiger partial charge in [-0.1, -0.05) is 12.1 Å². The number of nitro benzene ring substituents is 1. The number of rotatable bonds is 4. The fraction of sp³-hybridized carbons (Fsp3) is 0. The van der Waals surface area contributed by atoms with E-state index in [2.05, 4.69) is 6.07 Å². The van der Waals surface area contributed by atoms with Crippen LogP contribution >= 0.6 is 0 Å². The van der Waals surface area contributed by atoms with Gasteiger partial charge >= 0.3 is 0 Å². The number of hydrogen-bond acceptors (Lipinski definition) is 4. The molecular weight excluding hydrogens is 234 g/mol. The topological polar surface area (TPSA) is 69.4 Å². The van der Waals surface area contributed by atoms with E-state index in [0.29, 0.717) is 23.3 Å². The Balaban J connectivity index is 2.17. The summed E-state index contributed by atoms with van der Waals surface area (Å²) in [6.07, 6.45) is 0.669. The number of carbonyl (C=O) groups excluding carboxylic acids is 1. The van der Waals surface area contributed by atoms with Crippen LogP contribution in [-0.2, 0) is 0 Å². The van der Waals surface area contributed by atoms with Crippen LogP contribution in [0.2, 0.25) is 0 Å². The molecule has 5 heteroatoms. The quantitative estimate of drug-likeness (QED) is 0.469. The maximum absolute atomic E-state index is 10.6. The minimum absolute atomic E-state index is 0.00651. The summed E-state index contributed by atoms with van der Waals surface area (Å²) in [5.74, 6) is 0.827. The Labute approximate surface area is 103 Å². The number of nitrogens with zero attached hydrogens (tertiary/aromatic N) is 1. The number of hydrogen-bond donors (Lipinski definition) is 0. The average Bonchev–Trinajstić information content (AvgIpc) is 2.39. The lowest BCUT2D eigenvalue weighted by Gasteiger charge is -2.04. The molecule has 0 atom stereocenters. The van der Waals surface area contributed by atoms with E-state index in [1.165, 1.54) is 24.3 Å². The van der Waals surface area contributed by atoms with E-state index in [1.54, 1.807) is 18.2 Å². The Morgan fingerprint density at radius 3 is 2.50 bits per heavy atom. The molecule has 0 bridgehead atoms. The van der Waals surface area contributed by atoms with Crippen molar-refractivity contribution in [2.45, 2.75) is 0 Å². The van der Waals surface area contributed by atoms with Gasteiger partial charge in [0.05, 0.1) is 4.92 Å². The van der Waals surface area contributed by atoms with Gasteiger partial charge in [-0.15, -0.1) is 0 Å². The van der Waals surface area contributed by atoms with Crippen LogP contribution in [0.25, 0.3) is 0 Å². The van der Waals surface area contributed by atoms with Crippen LogP contribution in [0.3, 0.4) is 0 Å². The zero-order chi connectivity index (χ0) is 13.0. The van der Waals surface area contributed by atoms with E-state index < -0.39 is 4.92 Å². The van der Waals surface area contributed by atoms with E-state index in [4.69, 9.17) is 4.74 Å². The average molecular weight is 242 g/mol. The van der Waals surface area contributed by atoms with Crippen molar-refractivity contribution in [3.63, 3.8) is 0 Å². The van der Waals surface area contributed by atoms with E-state index in [1.807, 2.05) is 0 Å². The van der Waals surface area contributed by atoms with Gasteiger partial charge in [0.25, 0.3) is 5.69 Å². The fourth-order valence-corrected chi connectivity index (χ4v) is 1.36. The summed E-state index contributed by atoms with van der Waals surface area (Å²) >= 11 is 0. The summed E-state index contributed by atoms with van der Waals surface area (Å²) in [5.41, 5.74) is 0.377. The lowest BCUT2D eigenvalue weighted by molar-refractivity contribution is -0.384. The molecule has 0 spiro atoms. The standard InChI is InChI=1S/C13H8NO4/c15-9-10-2-1-3-13(8-10)18-12-6-4-11(5-7-12)14(16)17/h1-7,9H. The van der Waals surface area contributed by atoms with E-state index in [0.717, 1.165) is 0 Å². The molecule has 0 fully saturated rings. The van der Waals surface area contributed by atoms with Crippen LogP contribution in [0.4, 0.5) is 5.69 Å². The molecule has 0 amide bonds. The molecule has 5 nitrogen and oxygen atoms in total. The second kappa shape index (κ2) is 5.09. The van der Waals surface area contributed by atoms with Gasteiger partial charge in [0.15, 0.2) is 6.29 Å². The lowest BCUT2D eigenvalue weighted by atomic mass is 10.2. The molecule has 0 aliphatic rings. The first-order valence-corrected chi connectivity index (χ1v) is 5.09. The molecule has 0 heterocycles. The van der Waals surface area contributed by atoms with Crippen LogP contribution in [0, 0.1) is 16.2 Å². The summed E-state index contributed by atoms with van der Waals surface area (Å²) in [4.78, 5) is 20.6. The number of ether oxygens (including phenoxy) is 1. The van der Waals surface area contributed by atoms with Crippen molar-refractivity contribution in [2.24, 2.45) is 0 Å². The monoisotopic (exact) mass is 242 g/mol. The summed E-state index contributed by atoms with van der Waals surface area (Å²) in [6.45, 7) is 0. The first-order valence-electron chi connectivity index (χ1n) is 5.09.